The lowest BCUT2D eigenvalue weighted by atomic mass is 9.96. The third-order valence-corrected chi connectivity index (χ3v) is 4.52. The molecule has 0 unspecified atom stereocenters. The molecule has 29 heavy (non-hydrogen) atoms. The molecule has 0 radical (unpaired) electrons. The number of pyridine rings is 2. The Bertz CT molecular complexity index is 1070. The highest BCUT2D eigenvalue weighted by molar-refractivity contribution is 5.95. The first kappa shape index (κ1) is 19.1. The predicted octanol–water partition coefficient (Wildman–Crippen LogP) is 3.65. The van der Waals surface area contributed by atoms with Crippen molar-refractivity contribution in [3.8, 4) is 11.6 Å². The lowest BCUT2D eigenvalue weighted by molar-refractivity contribution is -0.137. The number of rotatable bonds is 3. The molecule has 1 aromatic carbocycles. The maximum Gasteiger partial charge on any atom is 0.417 e. The van der Waals surface area contributed by atoms with Crippen LogP contribution in [-0.2, 0) is 6.18 Å². The van der Waals surface area contributed by atoms with Gasteiger partial charge < -0.3 is 14.7 Å². The minimum Gasteiger partial charge on any atom is -0.439 e. The van der Waals surface area contributed by atoms with Gasteiger partial charge in [0.05, 0.1) is 29.8 Å². The van der Waals surface area contributed by atoms with Crippen molar-refractivity contribution in [3.05, 3.63) is 59.9 Å². The highest BCUT2D eigenvalue weighted by Crippen LogP contribution is 2.30. The van der Waals surface area contributed by atoms with Gasteiger partial charge in [-0.1, -0.05) is 6.07 Å². The highest BCUT2D eigenvalue weighted by Gasteiger charge is 2.40. The predicted molar refractivity (Wildman–Crippen MR) is 97.6 cm³/mol. The van der Waals surface area contributed by atoms with Crippen molar-refractivity contribution in [1.82, 2.24) is 14.9 Å². The molecule has 1 fully saturated rings. The fraction of sp³-hybridized carbons (Fsp3) is 0.250. The third-order valence-electron chi connectivity index (χ3n) is 4.52. The molecule has 3 heterocycles. The first-order chi connectivity index (χ1) is 13.6. The first-order valence-corrected chi connectivity index (χ1v) is 8.74. The van der Waals surface area contributed by atoms with E-state index in [-0.39, 0.29) is 30.6 Å². The molecule has 0 atom stereocenters. The van der Waals surface area contributed by atoms with E-state index in [0.717, 1.165) is 12.1 Å². The zero-order valence-electron chi connectivity index (χ0n) is 15.3. The van der Waals surface area contributed by atoms with Crippen LogP contribution in [0.3, 0.4) is 0 Å². The molecular formula is C20H16F3N3O3. The van der Waals surface area contributed by atoms with Crippen LogP contribution in [0.1, 0.15) is 23.0 Å². The number of hydrogen-bond donors (Lipinski definition) is 1. The summed E-state index contributed by atoms with van der Waals surface area (Å²) in [6.07, 6.45) is -3.75. The fourth-order valence-electron chi connectivity index (χ4n) is 3.10. The van der Waals surface area contributed by atoms with Crippen molar-refractivity contribution in [2.75, 3.05) is 13.1 Å². The Morgan fingerprint density at radius 2 is 1.93 bits per heavy atom. The van der Waals surface area contributed by atoms with Crippen LogP contribution in [-0.4, -0.2) is 44.6 Å². The smallest absolute Gasteiger partial charge is 0.417 e. The van der Waals surface area contributed by atoms with Crippen LogP contribution in [0.2, 0.25) is 0 Å². The summed E-state index contributed by atoms with van der Waals surface area (Å²) in [6, 6.07) is 10.2. The number of halogens is 3. The molecule has 1 amide bonds. The molecule has 0 bridgehead atoms. The van der Waals surface area contributed by atoms with Crippen LogP contribution in [0.25, 0.3) is 10.9 Å². The number of alkyl halides is 3. The number of benzene rings is 1. The summed E-state index contributed by atoms with van der Waals surface area (Å²) in [5.74, 6) is 0.152. The highest BCUT2D eigenvalue weighted by atomic mass is 19.4. The van der Waals surface area contributed by atoms with Gasteiger partial charge in [0, 0.05) is 17.6 Å². The van der Waals surface area contributed by atoms with Crippen molar-refractivity contribution < 1.29 is 27.8 Å². The van der Waals surface area contributed by atoms with E-state index in [1.54, 1.807) is 37.3 Å². The Morgan fingerprint density at radius 1 is 1.17 bits per heavy atom. The van der Waals surface area contributed by atoms with Crippen LogP contribution in [0.15, 0.2) is 48.7 Å². The summed E-state index contributed by atoms with van der Waals surface area (Å²) in [5.41, 5.74) is -0.874. The van der Waals surface area contributed by atoms with E-state index in [2.05, 4.69) is 9.97 Å². The van der Waals surface area contributed by atoms with Crippen molar-refractivity contribution in [1.29, 1.82) is 0 Å². The quantitative estimate of drug-likeness (QED) is 0.723. The molecule has 1 aliphatic heterocycles. The second kappa shape index (κ2) is 6.70. The lowest BCUT2D eigenvalue weighted by Crippen LogP contribution is -2.61. The number of β-amino-alcohol motifs (C(OH)–C–C–N with tert-alkyl or cyclic N) is 1. The van der Waals surface area contributed by atoms with E-state index < -0.39 is 17.3 Å². The second-order valence-corrected chi connectivity index (χ2v) is 7.19. The molecule has 9 heteroatoms. The van der Waals surface area contributed by atoms with Crippen LogP contribution in [0.4, 0.5) is 13.2 Å². The van der Waals surface area contributed by atoms with Gasteiger partial charge in [0.25, 0.3) is 5.91 Å². The summed E-state index contributed by atoms with van der Waals surface area (Å²) in [5, 5.41) is 10.5. The first-order valence-electron chi connectivity index (χ1n) is 8.74. The Labute approximate surface area is 163 Å². The van der Waals surface area contributed by atoms with Gasteiger partial charge >= 0.3 is 6.18 Å². The number of nitrogens with zero attached hydrogens (tertiary/aromatic N) is 3. The Kier molecular flexibility index (Phi) is 4.42. The van der Waals surface area contributed by atoms with E-state index in [4.69, 9.17) is 4.74 Å². The molecule has 1 saturated heterocycles. The summed E-state index contributed by atoms with van der Waals surface area (Å²) in [7, 11) is 0. The number of carbonyl (C=O) groups excluding carboxylic acids is 1. The average molecular weight is 403 g/mol. The number of aromatic nitrogens is 2. The maximum absolute atomic E-state index is 12.6. The summed E-state index contributed by atoms with van der Waals surface area (Å²) < 4.78 is 43.3. The molecule has 4 rings (SSSR count). The number of hydrogen-bond acceptors (Lipinski definition) is 5. The van der Waals surface area contributed by atoms with Crippen molar-refractivity contribution in [3.63, 3.8) is 0 Å². The Hall–Kier alpha value is -3.20. The third kappa shape index (κ3) is 4.00. The standard InChI is InChI=1S/C20H16F3N3O3/c1-19(28)10-26(11-19)18(27)16-5-2-12-8-14(4-6-15(12)25-16)29-17-7-3-13(9-24-17)20(21,22)23/h2-9,28H,10-11H2,1H3. The van der Waals surface area contributed by atoms with E-state index in [0.29, 0.717) is 22.8 Å². The number of ether oxygens (including phenoxy) is 1. The molecule has 1 N–H and O–H groups in total. The van der Waals surface area contributed by atoms with Crippen LogP contribution >= 0.6 is 0 Å². The van der Waals surface area contributed by atoms with Gasteiger partial charge in [-0.05, 0) is 37.3 Å². The number of carbonyl (C=O) groups is 1. The minimum atomic E-state index is -4.46. The SMILES string of the molecule is CC1(O)CN(C(=O)c2ccc3cc(Oc4ccc(C(F)(F)F)cn4)ccc3n2)C1. The van der Waals surface area contributed by atoms with Gasteiger partial charge in [-0.25, -0.2) is 9.97 Å². The topological polar surface area (TPSA) is 75.5 Å². The average Bonchev–Trinajstić information content (AvgIpc) is 2.65. The number of aliphatic hydroxyl groups is 1. The van der Waals surface area contributed by atoms with Gasteiger partial charge in [0.1, 0.15) is 11.4 Å². The van der Waals surface area contributed by atoms with Gasteiger partial charge in [-0.2, -0.15) is 13.2 Å². The molecule has 6 nitrogen and oxygen atoms in total. The van der Waals surface area contributed by atoms with Gasteiger partial charge in [-0.3, -0.25) is 4.79 Å². The van der Waals surface area contributed by atoms with Crippen LogP contribution in [0, 0.1) is 0 Å². The second-order valence-electron chi connectivity index (χ2n) is 7.19. The molecule has 0 spiro atoms. The monoisotopic (exact) mass is 403 g/mol. The van der Waals surface area contributed by atoms with Crippen molar-refractivity contribution in [2.24, 2.45) is 0 Å². The van der Waals surface area contributed by atoms with Gasteiger partial charge in [0.2, 0.25) is 5.88 Å². The lowest BCUT2D eigenvalue weighted by Gasteiger charge is -2.43. The Balaban J connectivity index is 1.50. The summed E-state index contributed by atoms with van der Waals surface area (Å²) >= 11 is 0. The van der Waals surface area contributed by atoms with E-state index in [1.165, 1.54) is 4.90 Å². The molecule has 150 valence electrons. The maximum atomic E-state index is 12.6. The number of fused-ring (bicyclic) bond motifs is 1. The van der Waals surface area contributed by atoms with E-state index in [9.17, 15) is 23.1 Å². The van der Waals surface area contributed by atoms with Crippen LogP contribution in [0.5, 0.6) is 11.6 Å². The van der Waals surface area contributed by atoms with E-state index in [1.807, 2.05) is 0 Å². The van der Waals surface area contributed by atoms with Crippen molar-refractivity contribution >= 4 is 16.8 Å². The molecule has 3 aromatic rings. The fourth-order valence-corrected chi connectivity index (χ4v) is 3.10. The van der Waals surface area contributed by atoms with Gasteiger partial charge in [-0.15, -0.1) is 0 Å². The molecular weight excluding hydrogens is 387 g/mol. The number of likely N-dealkylation sites (tertiary alicyclic amines) is 1. The minimum absolute atomic E-state index is 0.0296. The number of amides is 1. The largest absolute Gasteiger partial charge is 0.439 e. The zero-order chi connectivity index (χ0) is 20.8. The normalized spacial score (nSPS) is 15.8. The van der Waals surface area contributed by atoms with Gasteiger partial charge in [0.15, 0.2) is 0 Å². The Morgan fingerprint density at radius 3 is 2.55 bits per heavy atom. The molecule has 2 aromatic heterocycles. The molecule has 0 saturated carbocycles. The molecule has 0 aliphatic carbocycles. The van der Waals surface area contributed by atoms with Crippen LogP contribution < -0.4 is 4.74 Å². The summed E-state index contributed by atoms with van der Waals surface area (Å²) in [6.45, 7) is 2.19. The molecule has 1 aliphatic rings. The zero-order valence-corrected chi connectivity index (χ0v) is 15.3. The van der Waals surface area contributed by atoms with Crippen molar-refractivity contribution in [2.45, 2.75) is 18.7 Å². The summed E-state index contributed by atoms with van der Waals surface area (Å²) in [4.78, 5) is 21.9. The van der Waals surface area contributed by atoms with E-state index >= 15 is 0 Å².